The lowest BCUT2D eigenvalue weighted by Gasteiger charge is -2.42. The largest absolute Gasteiger partial charge is 0.469 e. The number of piperazine rings is 1. The van der Waals surface area contributed by atoms with Gasteiger partial charge in [-0.1, -0.05) is 18.2 Å². The van der Waals surface area contributed by atoms with Crippen LogP contribution in [0.15, 0.2) is 48.7 Å². The van der Waals surface area contributed by atoms with Crippen LogP contribution in [0, 0.1) is 0 Å². The van der Waals surface area contributed by atoms with Crippen LogP contribution in [-0.4, -0.2) is 66.0 Å². The molecule has 0 bridgehead atoms. The second-order valence-corrected chi connectivity index (χ2v) is 9.49. The van der Waals surface area contributed by atoms with Gasteiger partial charge in [0.25, 0.3) is 5.91 Å². The number of esters is 1. The summed E-state index contributed by atoms with van der Waals surface area (Å²) in [5.41, 5.74) is -2.00. The number of methoxy groups -OCH3 is 1. The number of H-pyrrole nitrogens is 1. The number of hydrogen-bond acceptors (Lipinski definition) is 4. The summed E-state index contributed by atoms with van der Waals surface area (Å²) in [4.78, 5) is 31.5. The number of aromatic amines is 1. The van der Waals surface area contributed by atoms with Crippen LogP contribution in [0.5, 0.6) is 0 Å². The van der Waals surface area contributed by atoms with Crippen molar-refractivity contribution in [3.8, 4) is 0 Å². The van der Waals surface area contributed by atoms with Gasteiger partial charge in [-0.2, -0.15) is 26.3 Å². The Morgan fingerprint density at radius 1 is 1.00 bits per heavy atom. The van der Waals surface area contributed by atoms with Gasteiger partial charge in [-0.25, -0.2) is 0 Å². The summed E-state index contributed by atoms with van der Waals surface area (Å²) in [6.45, 7) is 1.30. The average Bonchev–Trinajstić information content (AvgIpc) is 3.30. The summed E-state index contributed by atoms with van der Waals surface area (Å²) >= 11 is 0. The Kier molecular flexibility index (Phi) is 9.78. The molecule has 3 aromatic rings. The van der Waals surface area contributed by atoms with E-state index in [4.69, 9.17) is 0 Å². The minimum Gasteiger partial charge on any atom is -0.469 e. The van der Waals surface area contributed by atoms with Crippen LogP contribution in [0.4, 0.5) is 26.3 Å². The zero-order chi connectivity index (χ0) is 28.4. The Balaban J connectivity index is 0.00000441. The molecule has 4 rings (SSSR count). The number of fused-ring (bicyclic) bond motifs is 1. The molecule has 0 unspecified atom stereocenters. The molecule has 1 atom stereocenters. The average molecular weight is 592 g/mol. The highest BCUT2D eigenvalue weighted by atomic mass is 35.5. The number of carbonyl (C=O) groups excluding carboxylic acids is 2. The van der Waals surface area contributed by atoms with Crippen molar-refractivity contribution in [2.24, 2.45) is 0 Å². The Morgan fingerprint density at radius 3 is 2.27 bits per heavy atom. The number of halogens is 7. The first-order chi connectivity index (χ1) is 18.4. The zero-order valence-corrected chi connectivity index (χ0v) is 22.3. The normalized spacial score (nSPS) is 16.6. The van der Waals surface area contributed by atoms with E-state index in [1.165, 1.54) is 12.0 Å². The van der Waals surface area contributed by atoms with Gasteiger partial charge in [-0.3, -0.25) is 14.5 Å². The van der Waals surface area contributed by atoms with Crippen molar-refractivity contribution in [1.29, 1.82) is 0 Å². The van der Waals surface area contributed by atoms with E-state index >= 15 is 0 Å². The second kappa shape index (κ2) is 12.5. The third kappa shape index (κ3) is 7.28. The first-order valence-electron chi connectivity index (χ1n) is 12.3. The molecule has 1 aliphatic heterocycles. The highest BCUT2D eigenvalue weighted by Crippen LogP contribution is 2.37. The fourth-order valence-electron chi connectivity index (χ4n) is 4.91. The summed E-state index contributed by atoms with van der Waals surface area (Å²) in [6, 6.07) is 7.91. The molecule has 1 fully saturated rings. The van der Waals surface area contributed by atoms with Crippen molar-refractivity contribution in [1.82, 2.24) is 14.8 Å². The number of carbonyl (C=O) groups is 2. The van der Waals surface area contributed by atoms with Gasteiger partial charge in [0.2, 0.25) is 0 Å². The molecule has 1 N–H and O–H groups in total. The predicted octanol–water partition coefficient (Wildman–Crippen LogP) is 5.95. The number of alkyl halides is 6. The van der Waals surface area contributed by atoms with Crippen molar-refractivity contribution in [3.05, 3.63) is 70.9 Å². The van der Waals surface area contributed by atoms with Crippen molar-refractivity contribution >= 4 is 35.2 Å². The fourth-order valence-corrected chi connectivity index (χ4v) is 4.91. The van der Waals surface area contributed by atoms with E-state index in [0.717, 1.165) is 16.5 Å². The Labute approximate surface area is 232 Å². The Bertz CT molecular complexity index is 1310. The molecule has 1 aromatic heterocycles. The van der Waals surface area contributed by atoms with Crippen LogP contribution in [-0.2, 0) is 28.3 Å². The smallest absolute Gasteiger partial charge is 0.416 e. The molecule has 2 heterocycles. The summed E-state index contributed by atoms with van der Waals surface area (Å²) in [6.07, 6.45) is -7.30. The summed E-state index contributed by atoms with van der Waals surface area (Å²) in [5.74, 6) is -1.25. The number of ether oxygens (including phenoxy) is 1. The maximum absolute atomic E-state index is 13.5. The number of amides is 1. The first kappa shape index (κ1) is 31.3. The molecule has 0 spiro atoms. The number of nitrogens with one attached hydrogen (secondary N) is 1. The molecule has 1 saturated heterocycles. The third-order valence-electron chi connectivity index (χ3n) is 6.88. The molecule has 1 aliphatic rings. The number of hydrogen-bond donors (Lipinski definition) is 1. The van der Waals surface area contributed by atoms with Gasteiger partial charge < -0.3 is 14.6 Å². The predicted molar refractivity (Wildman–Crippen MR) is 138 cm³/mol. The van der Waals surface area contributed by atoms with Gasteiger partial charge in [0.15, 0.2) is 0 Å². The first-order valence-corrected chi connectivity index (χ1v) is 12.3. The molecule has 0 aliphatic carbocycles. The van der Waals surface area contributed by atoms with Gasteiger partial charge in [0, 0.05) is 54.8 Å². The molecule has 2 aromatic carbocycles. The van der Waals surface area contributed by atoms with E-state index in [9.17, 15) is 35.9 Å². The quantitative estimate of drug-likeness (QED) is 0.272. The highest BCUT2D eigenvalue weighted by molar-refractivity contribution is 5.95. The van der Waals surface area contributed by atoms with Crippen LogP contribution in [0.3, 0.4) is 0 Å². The third-order valence-corrected chi connectivity index (χ3v) is 6.88. The van der Waals surface area contributed by atoms with E-state index in [1.54, 1.807) is 6.20 Å². The van der Waals surface area contributed by atoms with Crippen LogP contribution in [0.25, 0.3) is 10.9 Å². The minimum atomic E-state index is -5.06. The number of nitrogens with zero attached hydrogens (tertiary/aromatic N) is 2. The van der Waals surface area contributed by atoms with Crippen molar-refractivity contribution in [2.45, 2.75) is 37.7 Å². The van der Waals surface area contributed by atoms with Gasteiger partial charge >= 0.3 is 18.3 Å². The van der Waals surface area contributed by atoms with E-state index in [0.29, 0.717) is 44.6 Å². The maximum atomic E-state index is 13.5. The standard InChI is InChI=1S/C27H27F6N3O3.ClH/c1-39-24(37)7-4-8-35-9-10-36(21(16-35)13-18-15-34-23-6-3-2-5-22(18)23)25(38)17-11-19(26(28,29)30)14-20(12-17)27(31,32)33;/h2-3,5-6,11-12,14-15,21,34H,4,7-10,13,16H2,1H3;1H/t21-;/m1./s1. The molecule has 0 saturated carbocycles. The summed E-state index contributed by atoms with van der Waals surface area (Å²) < 4.78 is 85.3. The molecule has 40 heavy (non-hydrogen) atoms. The summed E-state index contributed by atoms with van der Waals surface area (Å²) in [7, 11) is 1.29. The van der Waals surface area contributed by atoms with Gasteiger partial charge in [0.05, 0.1) is 18.2 Å². The molecular formula is C27H28ClF6N3O3. The lowest BCUT2D eigenvalue weighted by atomic mass is 9.98. The zero-order valence-electron chi connectivity index (χ0n) is 21.4. The lowest BCUT2D eigenvalue weighted by molar-refractivity contribution is -0.143. The number of benzene rings is 2. The van der Waals surface area contributed by atoms with Crippen LogP contribution in [0.1, 0.15) is 39.9 Å². The van der Waals surface area contributed by atoms with Gasteiger partial charge in [-0.15, -0.1) is 12.4 Å². The van der Waals surface area contributed by atoms with Gasteiger partial charge in [0.1, 0.15) is 0 Å². The van der Waals surface area contributed by atoms with Crippen molar-refractivity contribution in [3.63, 3.8) is 0 Å². The van der Waals surface area contributed by atoms with Crippen LogP contribution >= 0.6 is 12.4 Å². The number of aromatic nitrogens is 1. The van der Waals surface area contributed by atoms with Crippen LogP contribution < -0.4 is 0 Å². The number of para-hydroxylation sites is 1. The van der Waals surface area contributed by atoms with Crippen molar-refractivity contribution < 1.29 is 40.7 Å². The lowest BCUT2D eigenvalue weighted by Crippen LogP contribution is -2.56. The molecule has 218 valence electrons. The SMILES string of the molecule is COC(=O)CCCN1CCN(C(=O)c2cc(C(F)(F)F)cc(C(F)(F)F)c2)[C@H](Cc2c[nH]c3ccccc23)C1.Cl. The van der Waals surface area contributed by atoms with E-state index in [2.05, 4.69) is 9.72 Å². The van der Waals surface area contributed by atoms with E-state index in [1.807, 2.05) is 29.2 Å². The fraction of sp³-hybridized carbons (Fsp3) is 0.407. The van der Waals surface area contributed by atoms with Gasteiger partial charge in [-0.05, 0) is 49.2 Å². The van der Waals surface area contributed by atoms with Crippen LogP contribution in [0.2, 0.25) is 0 Å². The van der Waals surface area contributed by atoms with Crippen molar-refractivity contribution in [2.75, 3.05) is 33.3 Å². The Morgan fingerprint density at radius 2 is 1.65 bits per heavy atom. The Hall–Kier alpha value is -3.25. The van der Waals surface area contributed by atoms with E-state index in [-0.39, 0.29) is 37.4 Å². The monoisotopic (exact) mass is 591 g/mol. The molecule has 13 heteroatoms. The summed E-state index contributed by atoms with van der Waals surface area (Å²) in [5, 5.41) is 0.908. The van der Waals surface area contributed by atoms with E-state index < -0.39 is 41.0 Å². The minimum absolute atomic E-state index is 0. The highest BCUT2D eigenvalue weighted by Gasteiger charge is 2.39. The molecule has 6 nitrogen and oxygen atoms in total. The number of rotatable bonds is 7. The molecular weight excluding hydrogens is 564 g/mol. The molecule has 1 amide bonds. The topological polar surface area (TPSA) is 65.6 Å². The molecule has 0 radical (unpaired) electrons. The second-order valence-electron chi connectivity index (χ2n) is 9.49. The maximum Gasteiger partial charge on any atom is 0.416 e.